The Hall–Kier alpha value is -11.0. The van der Waals surface area contributed by atoms with Crippen LogP contribution in [-0.2, 0) is 52.1 Å². The van der Waals surface area contributed by atoms with Gasteiger partial charge in [-0.15, -0.1) is 0 Å². The molecule has 111 heavy (non-hydrogen) atoms. The van der Waals surface area contributed by atoms with E-state index in [-0.39, 0.29) is 32.5 Å². The Labute approximate surface area is 653 Å². The summed E-state index contributed by atoms with van der Waals surface area (Å²) in [6.45, 7) is 51.5. The van der Waals surface area contributed by atoms with Gasteiger partial charge in [0.1, 0.15) is 0 Å². The second kappa shape index (κ2) is 25.0. The van der Waals surface area contributed by atoms with Crippen molar-refractivity contribution >= 4 is 154 Å². The van der Waals surface area contributed by atoms with Crippen LogP contribution < -0.4 is 0 Å². The van der Waals surface area contributed by atoms with E-state index in [9.17, 15) is 0 Å². The first-order chi connectivity index (χ1) is 52.6. The van der Waals surface area contributed by atoms with Crippen LogP contribution in [0.2, 0.25) is 0 Å². The van der Waals surface area contributed by atoms with Gasteiger partial charge in [0.15, 0.2) is 0 Å². The predicted octanol–water partition coefficient (Wildman–Crippen LogP) is 29.1. The third kappa shape index (κ3) is 12.0. The van der Waals surface area contributed by atoms with E-state index < -0.39 is 0 Å². The lowest BCUT2D eigenvalue weighted by atomic mass is 9.78. The molecule has 17 aromatic rings. The van der Waals surface area contributed by atoms with E-state index in [1.165, 1.54) is 120 Å². The Morgan fingerprint density at radius 2 is 0.532 bits per heavy atom. The monoisotopic (exact) mass is 1450 g/mol. The van der Waals surface area contributed by atoms with Crippen molar-refractivity contribution in [1.82, 2.24) is 33.6 Å². The molecule has 2 N–H and O–H groups in total. The molecular formula is C104H105N7. The van der Waals surface area contributed by atoms with Crippen LogP contribution in [0, 0.1) is 0 Å². The van der Waals surface area contributed by atoms with Gasteiger partial charge in [0.05, 0.1) is 22.4 Å². The predicted molar refractivity (Wildman–Crippen MR) is 482 cm³/mol. The number of H-pyrrole nitrogens is 2. The van der Waals surface area contributed by atoms with Crippen molar-refractivity contribution in [2.24, 2.45) is 0 Å². The van der Waals surface area contributed by atoms with Gasteiger partial charge in [-0.1, -0.05) is 216 Å². The van der Waals surface area contributed by atoms with E-state index in [0.717, 1.165) is 119 Å². The zero-order valence-corrected chi connectivity index (χ0v) is 69.0. The average Bonchev–Trinajstić information content (AvgIpc) is 1.59. The normalized spacial score (nSPS) is 13.3. The number of benzene rings is 9. The van der Waals surface area contributed by atoms with Crippen molar-refractivity contribution in [2.45, 2.75) is 198 Å². The summed E-state index contributed by atoms with van der Waals surface area (Å²) in [6, 6.07) is 76.9. The molecule has 20 bridgehead atoms. The molecular weight excluding hydrogens is 1350 g/mol. The van der Waals surface area contributed by atoms with Gasteiger partial charge in [0.2, 0.25) is 0 Å². The highest BCUT2D eigenvalue weighted by atomic mass is 15.0. The molecule has 0 unspecified atom stereocenters. The summed E-state index contributed by atoms with van der Waals surface area (Å²) in [7, 11) is 0. The molecule has 0 aliphatic carbocycles. The Bertz CT molecular complexity index is 6960. The van der Waals surface area contributed by atoms with E-state index in [4.69, 9.17) is 9.97 Å². The summed E-state index contributed by atoms with van der Waals surface area (Å²) >= 11 is 0. The number of nitrogens with one attached hydrogen (secondary N) is 2. The van der Waals surface area contributed by atoms with Gasteiger partial charge in [-0.05, 0) is 251 Å². The molecule has 556 valence electrons. The van der Waals surface area contributed by atoms with E-state index in [1.807, 2.05) is 0 Å². The van der Waals surface area contributed by atoms with Crippen molar-refractivity contribution in [3.05, 3.63) is 239 Å². The van der Waals surface area contributed by atoms with Crippen molar-refractivity contribution in [2.75, 3.05) is 0 Å². The van der Waals surface area contributed by atoms with Crippen LogP contribution in [0.1, 0.15) is 190 Å². The Morgan fingerprint density at radius 3 is 0.865 bits per heavy atom. The van der Waals surface area contributed by atoms with Crippen LogP contribution in [0.15, 0.2) is 194 Å². The third-order valence-corrected chi connectivity index (χ3v) is 24.5. The van der Waals surface area contributed by atoms with Gasteiger partial charge in [-0.2, -0.15) is 0 Å². The molecule has 18 rings (SSSR count). The molecule has 0 atom stereocenters. The fourth-order valence-electron chi connectivity index (χ4n) is 17.9. The summed E-state index contributed by atoms with van der Waals surface area (Å²) in [5, 5.41) is 16.5. The minimum Gasteiger partial charge on any atom is -0.354 e. The molecule has 0 amide bonds. The zero-order valence-electron chi connectivity index (χ0n) is 69.0. The fraction of sp³-hybridized carbons (Fsp3) is 0.288. The first-order valence-corrected chi connectivity index (χ1v) is 40.5. The average molecular weight is 1450 g/mol. The molecule has 1 aliphatic rings. The minimum atomic E-state index is -0.171. The molecule has 0 fully saturated rings. The van der Waals surface area contributed by atoms with Gasteiger partial charge >= 0.3 is 0 Å². The number of aromatic nitrogens is 7. The highest BCUT2D eigenvalue weighted by Gasteiger charge is 2.29. The first kappa shape index (κ1) is 71.6. The molecule has 7 nitrogen and oxygen atoms in total. The standard InChI is InChI=1S/C104H105N7/c1-22-109-90-35-25-59-47-76(90)77-48-60(26-36-91(77)109)62-28-38-93-79(50-62)81-52-64(30-40-95(81)111(93)24-3)75-57-89-98(67-45-72(103(16,17)18)55-73(46-67)104(19,20)21)85-34-32-83(106-85)96(65-41-68(99(4,5)6)53-69(42-65)100(7,8)9)82-31-33-84(105-82)97(66-43-70(101(10,11)12)54-71(44-66)102(13,14)15)88-56-74(86(107-88)58-87(75)108-89)63-29-39-94-80(51-63)78-49-61(59)27-37-92(78)110(94)23-2/h25-58,105,108H,22-24H2,1-21H3. The van der Waals surface area contributed by atoms with Crippen LogP contribution >= 0.6 is 0 Å². The number of hydrogen-bond acceptors (Lipinski definition) is 2. The molecule has 7 heteroatoms. The van der Waals surface area contributed by atoms with Crippen molar-refractivity contribution in [1.29, 1.82) is 0 Å². The maximum Gasteiger partial charge on any atom is 0.0743 e. The number of rotatable bonds is 6. The third-order valence-electron chi connectivity index (χ3n) is 24.5. The molecule has 10 aromatic carbocycles. The Morgan fingerprint density at radius 1 is 0.243 bits per heavy atom. The van der Waals surface area contributed by atoms with Gasteiger partial charge < -0.3 is 23.7 Å². The number of nitrogens with zero attached hydrogens (tertiary/aromatic N) is 5. The summed E-state index contributed by atoms with van der Waals surface area (Å²) in [5.41, 5.74) is 27.9. The summed E-state index contributed by atoms with van der Waals surface area (Å²) in [6.07, 6.45) is 4.58. The van der Waals surface area contributed by atoms with Gasteiger partial charge in [0.25, 0.3) is 0 Å². The fourth-order valence-corrected chi connectivity index (χ4v) is 17.9. The van der Waals surface area contributed by atoms with Crippen molar-refractivity contribution in [3.63, 3.8) is 0 Å². The molecule has 8 heterocycles. The zero-order chi connectivity index (χ0) is 77.8. The maximum absolute atomic E-state index is 6.20. The van der Waals surface area contributed by atoms with E-state index in [1.54, 1.807) is 0 Å². The highest BCUT2D eigenvalue weighted by molar-refractivity contribution is 6.19. The Kier molecular flexibility index (Phi) is 16.1. The number of aromatic amines is 2. The second-order valence-electron chi connectivity index (χ2n) is 38.2. The van der Waals surface area contributed by atoms with Gasteiger partial charge in [-0.25, -0.2) is 9.97 Å². The Balaban J connectivity index is 1.10. The maximum atomic E-state index is 6.20. The summed E-state index contributed by atoms with van der Waals surface area (Å²) < 4.78 is 7.48. The lowest BCUT2D eigenvalue weighted by Crippen LogP contribution is -2.16. The van der Waals surface area contributed by atoms with Crippen LogP contribution in [0.4, 0.5) is 0 Å². The van der Waals surface area contributed by atoms with Crippen molar-refractivity contribution in [3.8, 4) is 33.4 Å². The summed E-state index contributed by atoms with van der Waals surface area (Å²) in [5.74, 6) is 0. The summed E-state index contributed by atoms with van der Waals surface area (Å²) in [4.78, 5) is 20.9. The van der Waals surface area contributed by atoms with Gasteiger partial charge in [-0.3, -0.25) is 0 Å². The second-order valence-corrected chi connectivity index (χ2v) is 38.2. The molecule has 1 aliphatic heterocycles. The van der Waals surface area contributed by atoms with E-state index >= 15 is 0 Å². The van der Waals surface area contributed by atoms with Crippen LogP contribution in [-0.4, -0.2) is 33.6 Å². The number of fused-ring (bicyclic) bond motifs is 16. The van der Waals surface area contributed by atoms with Crippen LogP contribution in [0.25, 0.3) is 187 Å². The number of aryl methyl sites for hydroxylation is 3. The SMILES string of the molecule is CCn1c2ccc3cc2c2cc(ccc21)c1ccc2c(c1)c1cc(ccc1n2CC)c1cc2[nH]c1cc1nc(cc1c1ccc4c(c1)c1cc3ccc1n4CC)c(-c1cc(C(C)(C)C)cc(C(C)(C)C)c1)c1ccc([nH]1)c(-c1cc(C(C)(C)C)cc(C(C)(C)C)c1)c1nc(c2-c2cc(C(C)(C)C)cc(C(C)(C)C)c2)C=C1. The molecule has 0 radical (unpaired) electrons. The van der Waals surface area contributed by atoms with E-state index in [0.29, 0.717) is 0 Å². The van der Waals surface area contributed by atoms with E-state index in [2.05, 4.69) is 375 Å². The first-order valence-electron chi connectivity index (χ1n) is 40.5. The molecule has 0 spiro atoms. The smallest absolute Gasteiger partial charge is 0.0743 e. The topological polar surface area (TPSA) is 72.2 Å². The van der Waals surface area contributed by atoms with Crippen LogP contribution in [0.5, 0.6) is 0 Å². The van der Waals surface area contributed by atoms with Gasteiger partial charge in [0, 0.05) is 135 Å². The van der Waals surface area contributed by atoms with Crippen LogP contribution in [0.3, 0.4) is 0 Å². The highest BCUT2D eigenvalue weighted by Crippen LogP contribution is 2.46. The minimum absolute atomic E-state index is 0.155. The lowest BCUT2D eigenvalue weighted by molar-refractivity contribution is 0.568. The largest absolute Gasteiger partial charge is 0.354 e. The number of hydrogen-bond donors (Lipinski definition) is 2. The molecule has 0 saturated carbocycles. The quantitative estimate of drug-likeness (QED) is 0.174. The van der Waals surface area contributed by atoms with Crippen molar-refractivity contribution < 1.29 is 0 Å². The lowest BCUT2D eigenvalue weighted by Gasteiger charge is -2.26. The molecule has 7 aromatic heterocycles. The molecule has 0 saturated heterocycles.